The second-order valence-electron chi connectivity index (χ2n) is 8.09. The first-order valence-corrected chi connectivity index (χ1v) is 10.3. The van der Waals surface area contributed by atoms with E-state index >= 15 is 0 Å². The van der Waals surface area contributed by atoms with Gasteiger partial charge < -0.3 is 9.80 Å². The van der Waals surface area contributed by atoms with Gasteiger partial charge in [-0.25, -0.2) is 4.68 Å². The molecule has 0 bridgehead atoms. The number of pyridine rings is 1. The predicted octanol–water partition coefficient (Wildman–Crippen LogP) is 0.932. The van der Waals surface area contributed by atoms with Crippen LogP contribution in [-0.4, -0.2) is 73.0 Å². The first kappa shape index (κ1) is 19.5. The van der Waals surface area contributed by atoms with Crippen molar-refractivity contribution >= 4 is 11.8 Å². The Morgan fingerprint density at radius 3 is 2.72 bits per heavy atom. The third kappa shape index (κ3) is 4.78. The quantitative estimate of drug-likeness (QED) is 0.719. The van der Waals surface area contributed by atoms with Gasteiger partial charge in [-0.05, 0) is 47.2 Å². The van der Waals surface area contributed by atoms with E-state index in [0.29, 0.717) is 25.9 Å². The molecule has 0 atom stereocenters. The summed E-state index contributed by atoms with van der Waals surface area (Å²) in [5.74, 6) is 0.390. The summed E-state index contributed by atoms with van der Waals surface area (Å²) in [6.45, 7) is 3.54. The summed E-state index contributed by atoms with van der Waals surface area (Å²) in [6.07, 6.45) is 7.96. The molecule has 29 heavy (non-hydrogen) atoms. The zero-order valence-electron chi connectivity index (χ0n) is 16.6. The van der Waals surface area contributed by atoms with Crippen LogP contribution in [0.15, 0.2) is 30.7 Å². The Hall–Kier alpha value is -2.84. The van der Waals surface area contributed by atoms with Crippen LogP contribution in [0.3, 0.4) is 0 Å². The van der Waals surface area contributed by atoms with E-state index in [-0.39, 0.29) is 17.2 Å². The molecular formula is C20H27N7O2. The van der Waals surface area contributed by atoms with Crippen LogP contribution in [-0.2, 0) is 22.6 Å². The monoisotopic (exact) mass is 397 g/mol. The lowest BCUT2D eigenvalue weighted by Gasteiger charge is -2.47. The fourth-order valence-electron chi connectivity index (χ4n) is 4.39. The maximum atomic E-state index is 12.5. The van der Waals surface area contributed by atoms with Gasteiger partial charge in [0.15, 0.2) is 0 Å². The van der Waals surface area contributed by atoms with Gasteiger partial charge in [0.1, 0.15) is 6.33 Å². The van der Waals surface area contributed by atoms with Gasteiger partial charge >= 0.3 is 0 Å². The van der Waals surface area contributed by atoms with Crippen molar-refractivity contribution in [3.05, 3.63) is 36.4 Å². The van der Waals surface area contributed by atoms with Crippen molar-refractivity contribution < 1.29 is 9.59 Å². The van der Waals surface area contributed by atoms with Crippen LogP contribution in [0.2, 0.25) is 0 Å². The summed E-state index contributed by atoms with van der Waals surface area (Å²) in [5, 5.41) is 11.0. The van der Waals surface area contributed by atoms with Crippen LogP contribution in [0.5, 0.6) is 0 Å². The zero-order valence-corrected chi connectivity index (χ0v) is 16.6. The number of aromatic nitrogens is 5. The van der Waals surface area contributed by atoms with Crippen molar-refractivity contribution in [2.24, 2.45) is 5.41 Å². The molecule has 2 aromatic rings. The minimum absolute atomic E-state index is 0.143. The first-order chi connectivity index (χ1) is 14.1. The van der Waals surface area contributed by atoms with E-state index in [4.69, 9.17) is 0 Å². The van der Waals surface area contributed by atoms with E-state index < -0.39 is 0 Å². The van der Waals surface area contributed by atoms with Gasteiger partial charge in [0.2, 0.25) is 11.8 Å². The maximum Gasteiger partial charge on any atom is 0.224 e. The van der Waals surface area contributed by atoms with Crippen molar-refractivity contribution in [2.75, 3.05) is 26.2 Å². The van der Waals surface area contributed by atoms with Crippen LogP contribution in [0.4, 0.5) is 0 Å². The lowest BCUT2D eigenvalue weighted by Crippen LogP contribution is -2.52. The molecule has 0 aliphatic carbocycles. The van der Waals surface area contributed by atoms with E-state index in [9.17, 15) is 9.59 Å². The van der Waals surface area contributed by atoms with Crippen LogP contribution in [0.25, 0.3) is 0 Å². The van der Waals surface area contributed by atoms with Crippen molar-refractivity contribution in [1.29, 1.82) is 0 Å². The van der Waals surface area contributed by atoms with Crippen molar-refractivity contribution in [3.8, 4) is 0 Å². The van der Waals surface area contributed by atoms with Gasteiger partial charge in [-0.1, -0.05) is 6.07 Å². The molecule has 0 radical (unpaired) electrons. The maximum absolute atomic E-state index is 12.5. The van der Waals surface area contributed by atoms with Gasteiger partial charge in [0, 0.05) is 57.3 Å². The number of rotatable bonds is 6. The number of likely N-dealkylation sites (tertiary alicyclic amines) is 2. The number of piperidine rings is 2. The second-order valence-corrected chi connectivity index (χ2v) is 8.09. The fraction of sp³-hybridized carbons (Fsp3) is 0.600. The normalized spacial score (nSPS) is 19.0. The zero-order chi connectivity index (χ0) is 20.1. The van der Waals surface area contributed by atoms with Crippen molar-refractivity contribution in [3.63, 3.8) is 0 Å². The Kier molecular flexibility index (Phi) is 5.82. The molecule has 1 spiro atoms. The smallest absolute Gasteiger partial charge is 0.224 e. The van der Waals surface area contributed by atoms with E-state index in [1.165, 1.54) is 6.33 Å². The summed E-state index contributed by atoms with van der Waals surface area (Å²) < 4.78 is 1.58. The average Bonchev–Trinajstić information content (AvgIpc) is 3.28. The van der Waals surface area contributed by atoms with Gasteiger partial charge in [-0.3, -0.25) is 14.6 Å². The molecule has 2 aromatic heterocycles. The molecular weight excluding hydrogens is 370 g/mol. The van der Waals surface area contributed by atoms with E-state index in [1.807, 2.05) is 28.0 Å². The Bertz CT molecular complexity index is 817. The molecule has 9 heteroatoms. The standard InChI is InChI=1S/C20H27N7O2/c28-18-4-7-20(15-26(18)11-5-17-3-1-2-10-21-17)8-13-25(14-9-20)19(29)6-12-27-16-22-23-24-27/h1-3,10,16H,4-9,11-15H2. The third-order valence-corrected chi connectivity index (χ3v) is 6.24. The van der Waals surface area contributed by atoms with Crippen LogP contribution < -0.4 is 0 Å². The lowest BCUT2D eigenvalue weighted by atomic mass is 9.72. The number of hydrogen-bond donors (Lipinski definition) is 0. The second kappa shape index (κ2) is 8.67. The molecule has 9 nitrogen and oxygen atoms in total. The molecule has 2 fully saturated rings. The first-order valence-electron chi connectivity index (χ1n) is 10.3. The van der Waals surface area contributed by atoms with Crippen molar-refractivity contribution in [2.45, 2.75) is 45.1 Å². The highest BCUT2D eigenvalue weighted by Crippen LogP contribution is 2.40. The molecule has 2 aliphatic heterocycles. The SMILES string of the molecule is O=C(CCn1cnnn1)N1CCC2(CCC(=O)N(CCc3ccccn3)C2)CC1. The summed E-state index contributed by atoms with van der Waals surface area (Å²) in [5.41, 5.74) is 1.16. The number of hydrogen-bond acceptors (Lipinski definition) is 6. The molecule has 2 aliphatic rings. The number of amides is 2. The van der Waals surface area contributed by atoms with Gasteiger partial charge in [-0.15, -0.1) is 5.10 Å². The molecule has 0 unspecified atom stereocenters. The molecule has 4 heterocycles. The molecule has 0 aromatic carbocycles. The van der Waals surface area contributed by atoms with Crippen molar-refractivity contribution in [1.82, 2.24) is 35.0 Å². The van der Waals surface area contributed by atoms with Crippen LogP contribution in [0.1, 0.15) is 37.8 Å². The van der Waals surface area contributed by atoms with Gasteiger partial charge in [-0.2, -0.15) is 0 Å². The van der Waals surface area contributed by atoms with Gasteiger partial charge in [0.25, 0.3) is 0 Å². The summed E-state index contributed by atoms with van der Waals surface area (Å²) in [7, 11) is 0. The Labute approximate surface area is 170 Å². The Morgan fingerprint density at radius 1 is 1.14 bits per heavy atom. The largest absolute Gasteiger partial charge is 0.343 e. The minimum Gasteiger partial charge on any atom is -0.343 e. The molecule has 2 amide bonds. The highest BCUT2D eigenvalue weighted by molar-refractivity contribution is 5.77. The molecule has 0 saturated carbocycles. The van der Waals surface area contributed by atoms with E-state index in [0.717, 1.165) is 51.0 Å². The number of nitrogens with zero attached hydrogens (tertiary/aromatic N) is 7. The topological polar surface area (TPSA) is 97.1 Å². The molecule has 4 rings (SSSR count). The Morgan fingerprint density at radius 2 is 2.00 bits per heavy atom. The number of carbonyl (C=O) groups is 2. The third-order valence-electron chi connectivity index (χ3n) is 6.24. The molecule has 154 valence electrons. The summed E-state index contributed by atoms with van der Waals surface area (Å²) in [4.78, 5) is 33.3. The fourth-order valence-corrected chi connectivity index (χ4v) is 4.39. The molecule has 0 N–H and O–H groups in total. The number of aryl methyl sites for hydroxylation is 1. The number of tetrazole rings is 1. The van der Waals surface area contributed by atoms with Crippen LogP contribution >= 0.6 is 0 Å². The van der Waals surface area contributed by atoms with Gasteiger partial charge in [0.05, 0.1) is 6.54 Å². The van der Waals surface area contributed by atoms with E-state index in [2.05, 4.69) is 20.5 Å². The lowest BCUT2D eigenvalue weighted by molar-refractivity contribution is -0.142. The average molecular weight is 397 g/mol. The number of carbonyl (C=O) groups excluding carboxylic acids is 2. The van der Waals surface area contributed by atoms with E-state index in [1.54, 1.807) is 10.9 Å². The summed E-state index contributed by atoms with van der Waals surface area (Å²) >= 11 is 0. The highest BCUT2D eigenvalue weighted by Gasteiger charge is 2.41. The minimum atomic E-state index is 0.143. The van der Waals surface area contributed by atoms with Crippen LogP contribution in [0, 0.1) is 5.41 Å². The highest BCUT2D eigenvalue weighted by atomic mass is 16.2. The predicted molar refractivity (Wildman–Crippen MR) is 104 cm³/mol. The molecule has 2 saturated heterocycles. The Balaban J connectivity index is 1.27. The summed E-state index contributed by atoms with van der Waals surface area (Å²) in [6, 6.07) is 5.89.